The summed E-state index contributed by atoms with van der Waals surface area (Å²) in [5.74, 6) is 0.845. The van der Waals surface area contributed by atoms with Gasteiger partial charge in [0.25, 0.3) is 0 Å². The van der Waals surface area contributed by atoms with Crippen molar-refractivity contribution in [3.8, 4) is 0 Å². The fourth-order valence-electron chi connectivity index (χ4n) is 5.80. The molecule has 2 bridgehead atoms. The van der Waals surface area contributed by atoms with Crippen LogP contribution in [-0.4, -0.2) is 55.2 Å². The molecule has 4 aliphatic rings. The van der Waals surface area contributed by atoms with Gasteiger partial charge in [0.05, 0.1) is 19.3 Å². The maximum atomic E-state index is 12.6. The Bertz CT molecular complexity index is 620. The van der Waals surface area contributed by atoms with Gasteiger partial charge in [0.15, 0.2) is 13.9 Å². The lowest BCUT2D eigenvalue weighted by molar-refractivity contribution is -0.199. The van der Waals surface area contributed by atoms with Crippen molar-refractivity contribution in [3.63, 3.8) is 0 Å². The Kier molecular flexibility index (Phi) is 4.31. The van der Waals surface area contributed by atoms with Gasteiger partial charge in [-0.15, -0.1) is 0 Å². The molecule has 0 amide bonds. The van der Waals surface area contributed by atoms with Crippen molar-refractivity contribution in [2.24, 2.45) is 23.7 Å². The first-order valence-corrected chi connectivity index (χ1v) is 13.5. The van der Waals surface area contributed by atoms with E-state index in [1.165, 1.54) is 7.11 Å². The standard InChI is InChI=1S/C19H31BrO5Si/c1-18(2,3)26(5,6)25-11-8-19(22,17(21)23-4)16-13-10-7-9(12(11)13)14(20)15(10)24-16/h9-16,22H,7-8H2,1-6H3/t9-,10+,11?,12?,13?,14-,15+,16+,19+/m1/s1. The summed E-state index contributed by atoms with van der Waals surface area (Å²) in [6.45, 7) is 11.1. The molecule has 3 unspecified atom stereocenters. The number of methoxy groups -OCH3 is 1. The van der Waals surface area contributed by atoms with Crippen molar-refractivity contribution in [1.29, 1.82) is 0 Å². The summed E-state index contributed by atoms with van der Waals surface area (Å²) >= 11 is 3.86. The van der Waals surface area contributed by atoms with Gasteiger partial charge in [-0.3, -0.25) is 0 Å². The molecule has 148 valence electrons. The van der Waals surface area contributed by atoms with E-state index in [0.29, 0.717) is 17.8 Å². The molecular weight excluding hydrogens is 416 g/mol. The molecule has 5 nitrogen and oxygen atoms in total. The number of ether oxygens (including phenoxy) is 2. The summed E-state index contributed by atoms with van der Waals surface area (Å²) < 4.78 is 18.1. The van der Waals surface area contributed by atoms with Crippen LogP contribution in [0.3, 0.4) is 0 Å². The summed E-state index contributed by atoms with van der Waals surface area (Å²) in [7, 11) is -0.699. The Morgan fingerprint density at radius 1 is 1.27 bits per heavy atom. The highest BCUT2D eigenvalue weighted by Gasteiger charge is 2.74. The van der Waals surface area contributed by atoms with Crippen LogP contribution in [0.5, 0.6) is 0 Å². The monoisotopic (exact) mass is 446 g/mol. The molecule has 3 saturated carbocycles. The number of esters is 1. The molecule has 4 rings (SSSR count). The SMILES string of the molecule is COC(=O)[C@]1(O)CC(O[Si](C)(C)C(C)(C)C)C2C3[C@@H]4C[C@H]2[C@@H](Br)[C@H]4O[C@@H]31. The number of rotatable bonds is 3. The van der Waals surface area contributed by atoms with Gasteiger partial charge in [0.1, 0.15) is 6.10 Å². The predicted octanol–water partition coefficient (Wildman–Crippen LogP) is 3.10. The first-order valence-electron chi connectivity index (χ1n) is 9.70. The average Bonchev–Trinajstić information content (AvgIpc) is 3.14. The van der Waals surface area contributed by atoms with Crippen LogP contribution in [0, 0.1) is 23.7 Å². The van der Waals surface area contributed by atoms with E-state index in [2.05, 4.69) is 49.8 Å². The lowest BCUT2D eigenvalue weighted by Crippen LogP contribution is -2.63. The smallest absolute Gasteiger partial charge is 0.340 e. The number of aliphatic hydroxyl groups is 1. The number of hydrogen-bond donors (Lipinski definition) is 1. The molecule has 1 aliphatic heterocycles. The molecule has 0 aromatic rings. The Balaban J connectivity index is 1.72. The molecule has 0 aromatic carbocycles. The first-order chi connectivity index (χ1) is 11.9. The van der Waals surface area contributed by atoms with Gasteiger partial charge >= 0.3 is 5.97 Å². The molecule has 3 aliphatic carbocycles. The van der Waals surface area contributed by atoms with E-state index in [4.69, 9.17) is 13.9 Å². The van der Waals surface area contributed by atoms with E-state index in [1.54, 1.807) is 0 Å². The molecular formula is C19H31BrO5Si. The minimum Gasteiger partial charge on any atom is -0.467 e. The highest BCUT2D eigenvalue weighted by Crippen LogP contribution is 2.67. The fraction of sp³-hybridized carbons (Fsp3) is 0.947. The van der Waals surface area contributed by atoms with Crippen molar-refractivity contribution in [2.75, 3.05) is 7.11 Å². The zero-order valence-corrected chi connectivity index (χ0v) is 19.1. The summed E-state index contributed by atoms with van der Waals surface area (Å²) in [4.78, 5) is 12.8. The van der Waals surface area contributed by atoms with Crippen molar-refractivity contribution in [3.05, 3.63) is 0 Å². The largest absolute Gasteiger partial charge is 0.467 e. The highest BCUT2D eigenvalue weighted by molar-refractivity contribution is 9.09. The second kappa shape index (κ2) is 5.78. The quantitative estimate of drug-likeness (QED) is 0.409. The summed E-state index contributed by atoms with van der Waals surface area (Å²) in [6.07, 6.45) is 0.865. The minimum absolute atomic E-state index is 0.0767. The van der Waals surface area contributed by atoms with E-state index in [9.17, 15) is 9.90 Å². The molecule has 1 heterocycles. The van der Waals surface area contributed by atoms with Crippen LogP contribution in [0.15, 0.2) is 0 Å². The molecule has 26 heavy (non-hydrogen) atoms. The van der Waals surface area contributed by atoms with Gasteiger partial charge in [-0.25, -0.2) is 4.79 Å². The summed E-state index contributed by atoms with van der Waals surface area (Å²) in [5.41, 5.74) is -1.61. The Morgan fingerprint density at radius 2 is 1.92 bits per heavy atom. The average molecular weight is 447 g/mol. The Hall–Kier alpha value is 0.0469. The molecule has 4 fully saturated rings. The van der Waals surface area contributed by atoms with Crippen molar-refractivity contribution < 1.29 is 23.8 Å². The zero-order chi connectivity index (χ0) is 19.2. The number of hydrogen-bond acceptors (Lipinski definition) is 5. The third-order valence-electron chi connectivity index (χ3n) is 7.98. The maximum Gasteiger partial charge on any atom is 0.340 e. The summed E-state index contributed by atoms with van der Waals surface area (Å²) in [5, 5.41) is 11.5. The molecule has 0 spiro atoms. The van der Waals surface area contributed by atoms with Crippen LogP contribution in [0.2, 0.25) is 18.1 Å². The predicted molar refractivity (Wildman–Crippen MR) is 104 cm³/mol. The first kappa shape index (κ1) is 19.4. The van der Waals surface area contributed by atoms with Gasteiger partial charge in [0.2, 0.25) is 0 Å². The highest BCUT2D eigenvalue weighted by atomic mass is 79.9. The number of carbonyl (C=O) groups is 1. The van der Waals surface area contributed by atoms with Gasteiger partial charge in [-0.05, 0) is 48.2 Å². The van der Waals surface area contributed by atoms with Crippen LogP contribution in [0.25, 0.3) is 0 Å². The Labute approximate surface area is 165 Å². The third kappa shape index (κ3) is 2.39. The molecule has 1 N–H and O–H groups in total. The van der Waals surface area contributed by atoms with Crippen molar-refractivity contribution in [2.45, 2.75) is 80.5 Å². The topological polar surface area (TPSA) is 65.0 Å². The lowest BCUT2D eigenvalue weighted by Gasteiger charge is -2.50. The number of alkyl halides is 1. The van der Waals surface area contributed by atoms with Crippen LogP contribution < -0.4 is 0 Å². The van der Waals surface area contributed by atoms with Crippen LogP contribution in [-0.2, 0) is 18.7 Å². The lowest BCUT2D eigenvalue weighted by atomic mass is 9.64. The van der Waals surface area contributed by atoms with E-state index < -0.39 is 26.0 Å². The van der Waals surface area contributed by atoms with Crippen molar-refractivity contribution >= 4 is 30.2 Å². The molecule has 0 radical (unpaired) electrons. The van der Waals surface area contributed by atoms with Gasteiger partial charge in [-0.2, -0.15) is 0 Å². The van der Waals surface area contributed by atoms with Crippen molar-refractivity contribution in [1.82, 2.24) is 0 Å². The third-order valence-corrected chi connectivity index (χ3v) is 13.7. The fourth-order valence-corrected chi connectivity index (χ4v) is 8.24. The number of fused-ring (bicyclic) bond motifs is 2. The molecule has 9 atom stereocenters. The van der Waals surface area contributed by atoms with Crippen LogP contribution in [0.1, 0.15) is 33.6 Å². The molecule has 7 heteroatoms. The van der Waals surface area contributed by atoms with Crippen LogP contribution in [0.4, 0.5) is 0 Å². The van der Waals surface area contributed by atoms with E-state index in [1.807, 2.05) is 0 Å². The minimum atomic E-state index is -2.04. The van der Waals surface area contributed by atoms with Crippen LogP contribution >= 0.6 is 15.9 Å². The van der Waals surface area contributed by atoms with Gasteiger partial charge in [-0.1, -0.05) is 36.7 Å². The van der Waals surface area contributed by atoms with E-state index >= 15 is 0 Å². The Morgan fingerprint density at radius 3 is 2.50 bits per heavy atom. The normalized spacial score (nSPS) is 49.5. The zero-order valence-electron chi connectivity index (χ0n) is 16.5. The summed E-state index contributed by atoms with van der Waals surface area (Å²) in [6, 6.07) is 0. The second-order valence-corrected chi connectivity index (χ2v) is 16.0. The molecule has 0 aromatic heterocycles. The van der Waals surface area contributed by atoms with Gasteiger partial charge < -0.3 is 19.0 Å². The van der Waals surface area contributed by atoms with E-state index in [-0.39, 0.29) is 34.4 Å². The number of carbonyl (C=O) groups excluding carboxylic acids is 1. The maximum absolute atomic E-state index is 12.6. The molecule has 1 saturated heterocycles. The number of halogens is 1. The second-order valence-electron chi connectivity index (χ2n) is 10.2. The van der Waals surface area contributed by atoms with Gasteiger partial charge in [0, 0.05) is 11.2 Å². The van der Waals surface area contributed by atoms with E-state index in [0.717, 1.165) is 6.42 Å².